The van der Waals surface area contributed by atoms with Gasteiger partial charge < -0.3 is 5.32 Å². The second kappa shape index (κ2) is 6.93. The van der Waals surface area contributed by atoms with Gasteiger partial charge in [-0.05, 0) is 65.0 Å². The molecule has 4 heteroatoms. The second-order valence-electron chi connectivity index (χ2n) is 4.33. The predicted octanol–water partition coefficient (Wildman–Crippen LogP) is 5.24. The molecule has 0 aliphatic carbocycles. The number of thioether (sulfide) groups is 1. The van der Waals surface area contributed by atoms with Crippen LogP contribution in [0.15, 0.2) is 39.0 Å². The van der Waals surface area contributed by atoms with Crippen molar-refractivity contribution in [2.45, 2.75) is 24.8 Å². The van der Waals surface area contributed by atoms with Crippen molar-refractivity contribution >= 4 is 39.0 Å². The van der Waals surface area contributed by atoms with Gasteiger partial charge in [-0.3, -0.25) is 0 Å². The van der Waals surface area contributed by atoms with Crippen LogP contribution < -0.4 is 5.32 Å². The zero-order valence-corrected chi connectivity index (χ0v) is 14.6. The SMILES string of the molecule is CCNC(c1ccc(SC)cc1)c1cc(Br)sc1C. The predicted molar refractivity (Wildman–Crippen MR) is 90.5 cm³/mol. The van der Waals surface area contributed by atoms with Gasteiger partial charge in [0, 0.05) is 9.77 Å². The lowest BCUT2D eigenvalue weighted by Gasteiger charge is -2.19. The molecule has 0 aliphatic heterocycles. The van der Waals surface area contributed by atoms with Crippen LogP contribution in [-0.2, 0) is 0 Å². The topological polar surface area (TPSA) is 12.0 Å². The van der Waals surface area contributed by atoms with Crippen molar-refractivity contribution in [3.05, 3.63) is 50.1 Å². The largest absolute Gasteiger partial charge is 0.306 e. The number of nitrogens with one attached hydrogen (secondary N) is 1. The van der Waals surface area contributed by atoms with Crippen LogP contribution in [0.2, 0.25) is 0 Å². The summed E-state index contributed by atoms with van der Waals surface area (Å²) in [5.74, 6) is 0. The van der Waals surface area contributed by atoms with Crippen molar-refractivity contribution in [1.82, 2.24) is 5.32 Å². The lowest BCUT2D eigenvalue weighted by Crippen LogP contribution is -2.22. The summed E-state index contributed by atoms with van der Waals surface area (Å²) in [6.45, 7) is 5.30. The summed E-state index contributed by atoms with van der Waals surface area (Å²) < 4.78 is 1.20. The summed E-state index contributed by atoms with van der Waals surface area (Å²) in [5, 5.41) is 3.59. The Morgan fingerprint density at radius 3 is 2.47 bits per heavy atom. The maximum Gasteiger partial charge on any atom is 0.0704 e. The Morgan fingerprint density at radius 1 is 1.32 bits per heavy atom. The van der Waals surface area contributed by atoms with Crippen LogP contribution in [0.1, 0.15) is 29.0 Å². The third-order valence-corrected chi connectivity index (χ3v) is 5.41. The van der Waals surface area contributed by atoms with Gasteiger partial charge in [-0.25, -0.2) is 0 Å². The quantitative estimate of drug-likeness (QED) is 0.736. The number of hydrogen-bond acceptors (Lipinski definition) is 3. The molecule has 0 aliphatic rings. The van der Waals surface area contributed by atoms with Crippen LogP contribution >= 0.6 is 39.0 Å². The molecule has 1 aromatic carbocycles. The average molecular weight is 356 g/mol. The zero-order chi connectivity index (χ0) is 13.8. The van der Waals surface area contributed by atoms with Gasteiger partial charge >= 0.3 is 0 Å². The maximum atomic E-state index is 3.59. The van der Waals surface area contributed by atoms with Crippen LogP contribution in [0.25, 0.3) is 0 Å². The molecule has 1 atom stereocenters. The van der Waals surface area contributed by atoms with E-state index in [-0.39, 0.29) is 6.04 Å². The fraction of sp³-hybridized carbons (Fsp3) is 0.333. The summed E-state index contributed by atoms with van der Waals surface area (Å²) in [5.41, 5.74) is 2.70. The summed E-state index contributed by atoms with van der Waals surface area (Å²) >= 11 is 7.16. The van der Waals surface area contributed by atoms with Crippen molar-refractivity contribution in [1.29, 1.82) is 0 Å². The summed E-state index contributed by atoms with van der Waals surface area (Å²) in [4.78, 5) is 2.67. The standard InChI is InChI=1S/C15H18BrNS2/c1-4-17-15(13-9-14(16)19-10(13)2)11-5-7-12(18-3)8-6-11/h5-9,15,17H,4H2,1-3H3. The molecule has 0 amide bonds. The molecule has 2 aromatic rings. The third kappa shape index (κ3) is 3.63. The highest BCUT2D eigenvalue weighted by atomic mass is 79.9. The van der Waals surface area contributed by atoms with Gasteiger partial charge in [0.2, 0.25) is 0 Å². The molecule has 2 rings (SSSR count). The third-order valence-electron chi connectivity index (χ3n) is 3.09. The van der Waals surface area contributed by atoms with E-state index in [4.69, 9.17) is 0 Å². The number of rotatable bonds is 5. The van der Waals surface area contributed by atoms with Gasteiger partial charge in [0.25, 0.3) is 0 Å². The molecule has 1 aromatic heterocycles. The van der Waals surface area contributed by atoms with Crippen LogP contribution in [0.3, 0.4) is 0 Å². The van der Waals surface area contributed by atoms with E-state index in [1.165, 1.54) is 24.7 Å². The minimum Gasteiger partial charge on any atom is -0.306 e. The maximum absolute atomic E-state index is 3.59. The summed E-state index contributed by atoms with van der Waals surface area (Å²) in [6.07, 6.45) is 2.11. The minimum absolute atomic E-state index is 0.281. The number of thiophene rings is 1. The van der Waals surface area contributed by atoms with Crippen LogP contribution in [0.5, 0.6) is 0 Å². The highest BCUT2D eigenvalue weighted by Crippen LogP contribution is 2.34. The van der Waals surface area contributed by atoms with E-state index in [9.17, 15) is 0 Å². The molecule has 19 heavy (non-hydrogen) atoms. The molecule has 1 nitrogen and oxygen atoms in total. The summed E-state index contributed by atoms with van der Waals surface area (Å²) in [7, 11) is 0. The molecule has 102 valence electrons. The smallest absolute Gasteiger partial charge is 0.0704 e. The second-order valence-corrected chi connectivity index (χ2v) is 7.84. The van der Waals surface area contributed by atoms with Crippen molar-refractivity contribution in [2.75, 3.05) is 12.8 Å². The first-order valence-corrected chi connectivity index (χ1v) is 9.12. The fourth-order valence-corrected chi connectivity index (χ4v) is 4.31. The van der Waals surface area contributed by atoms with E-state index < -0.39 is 0 Å². The molecule has 0 radical (unpaired) electrons. The monoisotopic (exact) mass is 355 g/mol. The molecular formula is C15H18BrNS2. The lowest BCUT2D eigenvalue weighted by molar-refractivity contribution is 0.629. The number of hydrogen-bond donors (Lipinski definition) is 1. The molecule has 0 bridgehead atoms. The molecule has 0 saturated carbocycles. The van der Waals surface area contributed by atoms with Crippen LogP contribution in [0, 0.1) is 6.92 Å². The Kier molecular flexibility index (Phi) is 5.51. The number of benzene rings is 1. The molecule has 0 spiro atoms. The molecule has 1 unspecified atom stereocenters. The van der Waals surface area contributed by atoms with E-state index in [0.29, 0.717) is 0 Å². The van der Waals surface area contributed by atoms with Gasteiger partial charge in [0.15, 0.2) is 0 Å². The Morgan fingerprint density at radius 2 is 2.00 bits per heavy atom. The van der Waals surface area contributed by atoms with Crippen LogP contribution in [0.4, 0.5) is 0 Å². The zero-order valence-electron chi connectivity index (χ0n) is 11.4. The van der Waals surface area contributed by atoms with Gasteiger partial charge in [0.05, 0.1) is 9.83 Å². The van der Waals surface area contributed by atoms with Crippen molar-refractivity contribution in [3.8, 4) is 0 Å². The van der Waals surface area contributed by atoms with Crippen LogP contribution in [-0.4, -0.2) is 12.8 Å². The molecular weight excluding hydrogens is 338 g/mol. The van der Waals surface area contributed by atoms with E-state index >= 15 is 0 Å². The van der Waals surface area contributed by atoms with E-state index in [0.717, 1.165) is 6.54 Å². The summed E-state index contributed by atoms with van der Waals surface area (Å²) in [6, 6.07) is 11.4. The fourth-order valence-electron chi connectivity index (χ4n) is 2.15. The van der Waals surface area contributed by atoms with Crippen molar-refractivity contribution in [3.63, 3.8) is 0 Å². The van der Waals surface area contributed by atoms with Crippen molar-refractivity contribution in [2.24, 2.45) is 0 Å². The Hall–Kier alpha value is -0.290. The normalized spacial score (nSPS) is 12.6. The van der Waals surface area contributed by atoms with E-state index in [1.54, 1.807) is 23.1 Å². The Balaban J connectivity index is 2.36. The van der Waals surface area contributed by atoms with E-state index in [1.807, 2.05) is 0 Å². The Labute approximate surface area is 131 Å². The first-order chi connectivity index (χ1) is 9.15. The highest BCUT2D eigenvalue weighted by molar-refractivity contribution is 9.11. The van der Waals surface area contributed by atoms with Gasteiger partial charge in [-0.1, -0.05) is 19.1 Å². The number of halogens is 1. The highest BCUT2D eigenvalue weighted by Gasteiger charge is 2.17. The van der Waals surface area contributed by atoms with Crippen molar-refractivity contribution < 1.29 is 0 Å². The first-order valence-electron chi connectivity index (χ1n) is 6.29. The Bertz CT molecular complexity index is 534. The minimum atomic E-state index is 0.281. The first kappa shape index (κ1) is 15.1. The average Bonchev–Trinajstić information content (AvgIpc) is 2.75. The van der Waals surface area contributed by atoms with Gasteiger partial charge in [-0.15, -0.1) is 23.1 Å². The molecule has 1 N–H and O–H groups in total. The van der Waals surface area contributed by atoms with Gasteiger partial charge in [-0.2, -0.15) is 0 Å². The lowest BCUT2D eigenvalue weighted by atomic mass is 9.99. The molecule has 1 heterocycles. The van der Waals surface area contributed by atoms with Gasteiger partial charge in [0.1, 0.15) is 0 Å². The molecule has 0 fully saturated rings. The van der Waals surface area contributed by atoms with E-state index in [2.05, 4.69) is 71.7 Å². The number of aryl methyl sites for hydroxylation is 1. The molecule has 0 saturated heterocycles.